The zero-order valence-electron chi connectivity index (χ0n) is 10.2. The van der Waals surface area contributed by atoms with Crippen LogP contribution in [0.5, 0.6) is 5.75 Å². The van der Waals surface area contributed by atoms with Gasteiger partial charge in [0.25, 0.3) is 0 Å². The van der Waals surface area contributed by atoms with E-state index in [9.17, 15) is 18.3 Å². The summed E-state index contributed by atoms with van der Waals surface area (Å²) in [5.74, 6) is 0.398. The highest BCUT2D eigenvalue weighted by Crippen LogP contribution is 2.28. The Labute approximate surface area is 113 Å². The van der Waals surface area contributed by atoms with E-state index >= 15 is 0 Å². The largest absolute Gasteiger partial charge is 0.495 e. The molecule has 1 unspecified atom stereocenters. The molecule has 0 amide bonds. The minimum Gasteiger partial charge on any atom is -0.495 e. The normalized spacial score (nSPS) is 13.4. The first-order valence-electron chi connectivity index (χ1n) is 5.49. The molecule has 19 heavy (non-hydrogen) atoms. The number of rotatable bonds is 6. The maximum Gasteiger partial charge on any atom is 0.411 e. The van der Waals surface area contributed by atoms with Gasteiger partial charge in [-0.1, -0.05) is 17.7 Å². The number of hydrogen-bond acceptors (Lipinski definition) is 3. The number of methoxy groups -OCH3 is 1. The molecule has 1 aromatic rings. The van der Waals surface area contributed by atoms with Gasteiger partial charge in [-0.25, -0.2) is 0 Å². The lowest BCUT2D eigenvalue weighted by atomic mass is 10.1. The zero-order valence-corrected chi connectivity index (χ0v) is 11.0. The smallest absolute Gasteiger partial charge is 0.411 e. The van der Waals surface area contributed by atoms with E-state index < -0.39 is 18.9 Å². The van der Waals surface area contributed by atoms with Crippen LogP contribution >= 0.6 is 11.6 Å². The highest BCUT2D eigenvalue weighted by molar-refractivity contribution is 6.32. The van der Waals surface area contributed by atoms with Crippen LogP contribution in [0.2, 0.25) is 5.02 Å². The quantitative estimate of drug-likeness (QED) is 0.819. The molecule has 0 aromatic heterocycles. The molecule has 0 saturated heterocycles. The first-order valence-corrected chi connectivity index (χ1v) is 5.87. The Kier molecular flexibility index (Phi) is 5.90. The molecule has 1 rings (SSSR count). The van der Waals surface area contributed by atoms with E-state index in [-0.39, 0.29) is 13.0 Å². The van der Waals surface area contributed by atoms with Crippen LogP contribution in [0.1, 0.15) is 18.1 Å². The van der Waals surface area contributed by atoms with Gasteiger partial charge in [-0.05, 0) is 17.7 Å². The number of hydrogen-bond donors (Lipinski definition) is 1. The van der Waals surface area contributed by atoms with E-state index in [0.29, 0.717) is 16.3 Å². The van der Waals surface area contributed by atoms with E-state index in [4.69, 9.17) is 16.3 Å². The Morgan fingerprint density at radius 2 is 2.05 bits per heavy atom. The van der Waals surface area contributed by atoms with Gasteiger partial charge in [0.1, 0.15) is 12.4 Å². The monoisotopic (exact) mass is 298 g/mol. The van der Waals surface area contributed by atoms with Crippen molar-refractivity contribution in [2.24, 2.45) is 0 Å². The van der Waals surface area contributed by atoms with E-state index in [1.165, 1.54) is 13.2 Å². The molecule has 1 N–H and O–H groups in total. The molecule has 0 spiro atoms. The summed E-state index contributed by atoms with van der Waals surface area (Å²) in [6.45, 7) is -1.50. The zero-order chi connectivity index (χ0) is 14.5. The summed E-state index contributed by atoms with van der Waals surface area (Å²) in [4.78, 5) is 0. The highest BCUT2D eigenvalue weighted by Gasteiger charge is 2.27. The predicted octanol–water partition coefficient (Wildman–Crippen LogP) is 3.35. The Balaban J connectivity index is 2.47. The number of halogens is 4. The molecule has 3 nitrogen and oxygen atoms in total. The fourth-order valence-corrected chi connectivity index (χ4v) is 1.63. The van der Waals surface area contributed by atoms with Crippen molar-refractivity contribution in [2.45, 2.75) is 18.7 Å². The van der Waals surface area contributed by atoms with Crippen molar-refractivity contribution in [3.63, 3.8) is 0 Å². The molecule has 0 fully saturated rings. The first-order chi connectivity index (χ1) is 8.83. The summed E-state index contributed by atoms with van der Waals surface area (Å²) >= 11 is 5.82. The fourth-order valence-electron chi connectivity index (χ4n) is 1.43. The Morgan fingerprint density at radius 3 is 2.63 bits per heavy atom. The molecule has 0 bridgehead atoms. The summed E-state index contributed by atoms with van der Waals surface area (Å²) in [5, 5.41) is 10.2. The van der Waals surface area contributed by atoms with E-state index in [1.54, 1.807) is 12.1 Å². The summed E-state index contributed by atoms with van der Waals surface area (Å²) in [5.41, 5.74) is 0.511. The number of aliphatic hydroxyl groups is 1. The summed E-state index contributed by atoms with van der Waals surface area (Å²) < 4.78 is 44.9. The van der Waals surface area contributed by atoms with Crippen molar-refractivity contribution in [2.75, 3.05) is 20.3 Å². The molecule has 1 aromatic carbocycles. The van der Waals surface area contributed by atoms with Crippen molar-refractivity contribution in [3.8, 4) is 5.75 Å². The molecular weight excluding hydrogens is 285 g/mol. The van der Waals surface area contributed by atoms with E-state index in [1.807, 2.05) is 0 Å². The Bertz CT molecular complexity index is 410. The molecule has 0 heterocycles. The van der Waals surface area contributed by atoms with Crippen molar-refractivity contribution >= 4 is 11.6 Å². The third-order valence-electron chi connectivity index (χ3n) is 2.36. The minimum absolute atomic E-state index is 0.0564. The van der Waals surface area contributed by atoms with Gasteiger partial charge < -0.3 is 14.6 Å². The lowest BCUT2D eigenvalue weighted by Gasteiger charge is -2.13. The van der Waals surface area contributed by atoms with Gasteiger partial charge in [0.2, 0.25) is 0 Å². The second kappa shape index (κ2) is 6.98. The van der Waals surface area contributed by atoms with Gasteiger partial charge in [-0.2, -0.15) is 13.2 Å². The van der Waals surface area contributed by atoms with Crippen LogP contribution in [0.15, 0.2) is 18.2 Å². The number of alkyl halides is 3. The van der Waals surface area contributed by atoms with Crippen molar-refractivity contribution in [3.05, 3.63) is 28.8 Å². The van der Waals surface area contributed by atoms with Crippen molar-refractivity contribution in [1.82, 2.24) is 0 Å². The fraction of sp³-hybridized carbons (Fsp3) is 0.500. The maximum absolute atomic E-state index is 11.8. The minimum atomic E-state index is -4.35. The highest BCUT2D eigenvalue weighted by atomic mass is 35.5. The van der Waals surface area contributed by atoms with Crippen LogP contribution < -0.4 is 4.74 Å². The number of benzene rings is 1. The Hall–Kier alpha value is -0.980. The summed E-state index contributed by atoms with van der Waals surface area (Å²) in [7, 11) is 1.43. The Morgan fingerprint density at radius 1 is 1.37 bits per heavy atom. The molecular formula is C12H14ClF3O3. The van der Waals surface area contributed by atoms with E-state index in [2.05, 4.69) is 4.74 Å². The lowest BCUT2D eigenvalue weighted by Crippen LogP contribution is -2.18. The second-order valence-electron chi connectivity index (χ2n) is 3.87. The maximum atomic E-state index is 11.8. The van der Waals surface area contributed by atoms with Gasteiger partial charge in [0, 0.05) is 13.0 Å². The number of aliphatic hydroxyl groups excluding tert-OH is 1. The molecule has 0 aliphatic rings. The van der Waals surface area contributed by atoms with Crippen LogP contribution in [0.3, 0.4) is 0 Å². The van der Waals surface area contributed by atoms with Crippen LogP contribution in [0.4, 0.5) is 13.2 Å². The third-order valence-corrected chi connectivity index (χ3v) is 2.67. The second-order valence-corrected chi connectivity index (χ2v) is 4.27. The third kappa shape index (κ3) is 5.67. The van der Waals surface area contributed by atoms with Gasteiger partial charge in [-0.3, -0.25) is 0 Å². The van der Waals surface area contributed by atoms with Gasteiger partial charge >= 0.3 is 6.18 Å². The van der Waals surface area contributed by atoms with E-state index in [0.717, 1.165) is 0 Å². The van der Waals surface area contributed by atoms with Crippen LogP contribution in [0.25, 0.3) is 0 Å². The average molecular weight is 299 g/mol. The van der Waals surface area contributed by atoms with Crippen LogP contribution in [-0.4, -0.2) is 31.6 Å². The summed E-state index contributed by atoms with van der Waals surface area (Å²) in [6, 6.07) is 4.67. The van der Waals surface area contributed by atoms with Gasteiger partial charge in [0.05, 0.1) is 18.2 Å². The lowest BCUT2D eigenvalue weighted by molar-refractivity contribution is -0.175. The van der Waals surface area contributed by atoms with Gasteiger partial charge in [0.15, 0.2) is 0 Å². The topological polar surface area (TPSA) is 38.7 Å². The van der Waals surface area contributed by atoms with Crippen LogP contribution in [-0.2, 0) is 4.74 Å². The van der Waals surface area contributed by atoms with Crippen molar-refractivity contribution < 1.29 is 27.8 Å². The molecule has 0 saturated carbocycles. The number of ether oxygens (including phenoxy) is 2. The molecule has 0 aliphatic heterocycles. The average Bonchev–Trinajstić information content (AvgIpc) is 2.33. The SMILES string of the molecule is COc1cc(C(O)CCOCC(F)(F)F)ccc1Cl. The molecule has 0 aliphatic carbocycles. The van der Waals surface area contributed by atoms with Gasteiger partial charge in [-0.15, -0.1) is 0 Å². The summed E-state index contributed by atoms with van der Waals surface area (Å²) in [6.07, 6.45) is -5.23. The molecule has 108 valence electrons. The molecule has 7 heteroatoms. The molecule has 0 radical (unpaired) electrons. The predicted molar refractivity (Wildman–Crippen MR) is 64.5 cm³/mol. The van der Waals surface area contributed by atoms with Crippen molar-refractivity contribution in [1.29, 1.82) is 0 Å². The standard InChI is InChI=1S/C12H14ClF3O3/c1-18-11-6-8(2-3-9(11)13)10(17)4-5-19-7-12(14,15)16/h2-3,6,10,17H,4-5,7H2,1H3. The molecule has 1 atom stereocenters. The first kappa shape index (κ1) is 16.1. The van der Waals surface area contributed by atoms with Crippen LogP contribution in [0, 0.1) is 0 Å².